The summed E-state index contributed by atoms with van der Waals surface area (Å²) in [6.45, 7) is 0. The van der Waals surface area contributed by atoms with E-state index in [1.54, 1.807) is 33.4 Å². The summed E-state index contributed by atoms with van der Waals surface area (Å²) in [5.74, 6) is 10.2. The minimum Gasteiger partial charge on any atom is -0.310 e. The van der Waals surface area contributed by atoms with Gasteiger partial charge in [0.1, 0.15) is 0 Å². The van der Waals surface area contributed by atoms with Crippen molar-refractivity contribution in [2.45, 2.75) is 113 Å². The molecule has 12 bridgehead atoms. The number of hydrogen-bond acceptors (Lipinski definition) is 4. The van der Waals surface area contributed by atoms with Crippen LogP contribution in [0.25, 0.3) is 109 Å². The summed E-state index contributed by atoms with van der Waals surface area (Å²) in [6.07, 6.45) is 21.3. The summed E-state index contributed by atoms with van der Waals surface area (Å²) in [4.78, 5) is 7.59. The van der Waals surface area contributed by atoms with Gasteiger partial charge in [0.15, 0.2) is 0 Å². The molecular formula is C132H109N5S. The van der Waals surface area contributed by atoms with Gasteiger partial charge in [-0.2, -0.15) is 0 Å². The van der Waals surface area contributed by atoms with Gasteiger partial charge in [0.05, 0.1) is 39.1 Å². The summed E-state index contributed by atoms with van der Waals surface area (Å²) in [5, 5.41) is 7.85. The van der Waals surface area contributed by atoms with Crippen LogP contribution in [0.3, 0.4) is 0 Å². The average molecular weight is 1800 g/mol. The molecule has 0 N–H and O–H groups in total. The second-order valence-electron chi connectivity index (χ2n) is 43.3. The molecule has 17 aromatic carbocycles. The van der Waals surface area contributed by atoms with Gasteiger partial charge in [0.25, 0.3) is 0 Å². The summed E-state index contributed by atoms with van der Waals surface area (Å²) < 4.78 is 7.55. The third-order valence-electron chi connectivity index (χ3n) is 36.9. The fourth-order valence-electron chi connectivity index (χ4n) is 32.9. The largest absolute Gasteiger partial charge is 0.310 e. The normalized spacial score (nSPS) is 25.3. The predicted molar refractivity (Wildman–Crippen MR) is 575 cm³/mol. The zero-order valence-corrected chi connectivity index (χ0v) is 78.7. The standard InChI is InChI=1S/2C46H38N2.C40H33NS/c1-3-12-34(13-4-1)47(36-22-23-38-37-16-8-10-20-42(37)48(44(38)29-36)35-14-5-2-6-15-35)43-21-11-19-41-45(43)39-17-7-9-18-40(39)46(41)32-25-30-24-31(27-32)28-33(46)26-30;1-2-11-34(12-3-1)47(35-21-23-36(24-22-35)48-42-18-8-5-13-37(42)38-14-6-9-19-43(38)48)44-20-10-17-41-45(44)39-15-4-7-16-40(39)46(41)32-26-30-25-31(28-32)29-33(46)27-30;1-2-9-29(10-3-1)41(30-17-18-32-31-11-5-7-16-37(31)42-38(32)24-30)36-15-8-14-35-39(36)33-12-4-6-13-34(33)40(35)27-20-25-19-26(22-27)23-28(40)21-25/h1-23,29-33H,24-28H2;1-24,30-33H,25-29H2;1-18,24-28H,19-23H2. The van der Waals surface area contributed by atoms with Crippen LogP contribution in [0.15, 0.2) is 406 Å². The molecule has 20 aromatic rings. The van der Waals surface area contributed by atoms with Gasteiger partial charge in [0.2, 0.25) is 0 Å². The van der Waals surface area contributed by atoms with Crippen LogP contribution in [-0.2, 0) is 16.2 Å². The van der Waals surface area contributed by atoms with Gasteiger partial charge in [-0.05, 0) is 357 Å². The first-order valence-corrected chi connectivity index (χ1v) is 52.5. The van der Waals surface area contributed by atoms with Crippen molar-refractivity contribution in [2.24, 2.45) is 71.0 Å². The lowest BCUT2D eigenvalue weighted by molar-refractivity contribution is -0.0399. The second kappa shape index (κ2) is 31.0. The first-order valence-electron chi connectivity index (χ1n) is 51.7. The van der Waals surface area contributed by atoms with Crippen LogP contribution >= 0.6 is 11.3 Å². The smallest absolute Gasteiger partial charge is 0.0561 e. The molecule has 3 aromatic heterocycles. The molecule has 0 radical (unpaired) electrons. The Morgan fingerprint density at radius 2 is 0.471 bits per heavy atom. The Morgan fingerprint density at radius 1 is 0.196 bits per heavy atom. The van der Waals surface area contributed by atoms with E-state index in [9.17, 15) is 0 Å². The highest BCUT2D eigenvalue weighted by Gasteiger charge is 2.65. The molecular weight excluding hydrogens is 1690 g/mol. The number of nitrogens with zero attached hydrogens (tertiary/aromatic N) is 5. The number of para-hydroxylation sites is 7. The van der Waals surface area contributed by atoms with Gasteiger partial charge in [-0.1, -0.05) is 267 Å². The second-order valence-corrected chi connectivity index (χ2v) is 44.4. The van der Waals surface area contributed by atoms with Crippen molar-refractivity contribution in [1.29, 1.82) is 0 Å². The summed E-state index contributed by atoms with van der Waals surface area (Å²) >= 11 is 1.90. The Balaban J connectivity index is 0.0000000981. The van der Waals surface area contributed by atoms with Gasteiger partial charge < -0.3 is 23.8 Å². The summed E-state index contributed by atoms with van der Waals surface area (Å²) in [7, 11) is 0. The summed E-state index contributed by atoms with van der Waals surface area (Å²) in [5.41, 5.74) is 37.3. The van der Waals surface area contributed by atoms with Crippen molar-refractivity contribution in [3.8, 4) is 44.8 Å². The van der Waals surface area contributed by atoms with Crippen molar-refractivity contribution in [1.82, 2.24) is 9.13 Å². The van der Waals surface area contributed by atoms with Crippen LogP contribution in [0.5, 0.6) is 0 Å². The molecule has 35 rings (SSSR count). The molecule has 3 heterocycles. The maximum Gasteiger partial charge on any atom is 0.0561 e. The van der Waals surface area contributed by atoms with Crippen molar-refractivity contribution >= 4 is 126 Å². The Bertz CT molecular complexity index is 8140. The van der Waals surface area contributed by atoms with E-state index >= 15 is 0 Å². The number of thiophene rings is 1. The lowest BCUT2D eigenvalue weighted by Gasteiger charge is -2.61. The van der Waals surface area contributed by atoms with Gasteiger partial charge in [-0.3, -0.25) is 0 Å². The van der Waals surface area contributed by atoms with E-state index in [2.05, 4.69) is 430 Å². The molecule has 6 heteroatoms. The lowest BCUT2D eigenvalue weighted by Crippen LogP contribution is -2.55. The Labute approximate surface area is 812 Å². The fourth-order valence-corrected chi connectivity index (χ4v) is 34.0. The quantitative estimate of drug-likeness (QED) is 0.129. The number of aromatic nitrogens is 2. The monoisotopic (exact) mass is 1800 g/mol. The van der Waals surface area contributed by atoms with Crippen LogP contribution < -0.4 is 14.7 Å². The number of hydrogen-bond donors (Lipinski definition) is 0. The van der Waals surface area contributed by atoms with Crippen LogP contribution in [0.1, 0.15) is 130 Å². The van der Waals surface area contributed by atoms with E-state index in [0.29, 0.717) is 0 Å². The van der Waals surface area contributed by atoms with Crippen molar-refractivity contribution in [3.63, 3.8) is 0 Å². The summed E-state index contributed by atoms with van der Waals surface area (Å²) in [6, 6.07) is 153. The molecule has 15 aliphatic carbocycles. The molecule has 0 aliphatic heterocycles. The van der Waals surface area contributed by atoms with Gasteiger partial charge in [0, 0.05) is 120 Å². The first-order chi connectivity index (χ1) is 68.4. The molecule has 0 unspecified atom stereocenters. The molecule has 0 saturated heterocycles. The van der Waals surface area contributed by atoms with Crippen LogP contribution in [0.2, 0.25) is 0 Å². The highest BCUT2D eigenvalue weighted by Crippen LogP contribution is 2.75. The van der Waals surface area contributed by atoms with E-state index in [0.717, 1.165) is 71.0 Å². The topological polar surface area (TPSA) is 19.6 Å². The molecule has 3 spiro atoms. The van der Waals surface area contributed by atoms with Crippen LogP contribution in [-0.4, -0.2) is 9.13 Å². The van der Waals surface area contributed by atoms with Gasteiger partial charge in [-0.15, -0.1) is 11.3 Å². The minimum atomic E-state index is 0.140. The predicted octanol–water partition coefficient (Wildman–Crippen LogP) is 35.2. The van der Waals surface area contributed by atoms with Gasteiger partial charge >= 0.3 is 0 Å². The van der Waals surface area contributed by atoms with Crippen LogP contribution in [0, 0.1) is 71.0 Å². The molecule has 0 amide bonds. The molecule has 668 valence electrons. The Hall–Kier alpha value is -14.0. The molecule has 0 atom stereocenters. The molecule has 15 aliphatic rings. The molecule has 138 heavy (non-hydrogen) atoms. The number of fused-ring (bicyclic) bond motifs is 18. The van der Waals surface area contributed by atoms with E-state index in [-0.39, 0.29) is 16.2 Å². The third kappa shape index (κ3) is 11.6. The maximum atomic E-state index is 2.54. The molecule has 12 fully saturated rings. The third-order valence-corrected chi connectivity index (χ3v) is 38.1. The number of benzene rings is 17. The van der Waals surface area contributed by atoms with Crippen molar-refractivity contribution in [3.05, 3.63) is 440 Å². The van der Waals surface area contributed by atoms with E-state index in [1.807, 2.05) is 11.3 Å². The highest BCUT2D eigenvalue weighted by atomic mass is 32.1. The number of anilines is 9. The zero-order chi connectivity index (χ0) is 90.2. The van der Waals surface area contributed by atoms with E-state index in [1.165, 1.54) is 256 Å². The Morgan fingerprint density at radius 3 is 0.870 bits per heavy atom. The lowest BCUT2D eigenvalue weighted by atomic mass is 9.43. The molecule has 12 saturated carbocycles. The maximum absolute atomic E-state index is 2.54. The van der Waals surface area contributed by atoms with Crippen LogP contribution in [0.4, 0.5) is 51.2 Å². The van der Waals surface area contributed by atoms with Crippen molar-refractivity contribution < 1.29 is 0 Å². The number of rotatable bonds is 11. The first kappa shape index (κ1) is 80.1. The SMILES string of the molecule is c1ccc(N(c2ccc(-n3c4ccccc4c4ccccc43)cc2)c2cccc3c2-c2ccccc2C32C3CC4CC(C3)CC2C4)cc1.c1ccc(N(c2ccc3c(c2)sc2ccccc23)c2cccc3c2-c2ccccc2C32C3CC4CC(C3)CC2C4)cc1.c1ccc(N(c2ccc3c4ccccc4n(-c4ccccc4)c3c2)c2cccc3c2-c2ccccc2C32C3CC4CC(C3)CC2C4)cc1. The van der Waals surface area contributed by atoms with Gasteiger partial charge in [-0.25, -0.2) is 0 Å². The molecule has 5 nitrogen and oxygen atoms in total. The Kier molecular flexibility index (Phi) is 18.0. The minimum absolute atomic E-state index is 0.140. The van der Waals surface area contributed by atoms with E-state index < -0.39 is 0 Å². The zero-order valence-electron chi connectivity index (χ0n) is 77.9. The average Bonchev–Trinajstić information content (AvgIpc) is 1.51. The fraction of sp³-hybridized carbons (Fsp3) is 0.227. The van der Waals surface area contributed by atoms with E-state index in [4.69, 9.17) is 0 Å². The highest BCUT2D eigenvalue weighted by molar-refractivity contribution is 7.25. The van der Waals surface area contributed by atoms with Crippen molar-refractivity contribution in [2.75, 3.05) is 14.7 Å².